The molecule has 5 N–H and O–H groups in total. The molecule has 0 bridgehead atoms. The summed E-state index contributed by atoms with van der Waals surface area (Å²) < 4.78 is 4.91. The maximum atomic E-state index is 11.5. The number of aromatic hydroxyl groups is 4. The van der Waals surface area contributed by atoms with Crippen molar-refractivity contribution in [1.82, 2.24) is 0 Å². The third-order valence-corrected chi connectivity index (χ3v) is 8.60. The second kappa shape index (κ2) is 26.8. The van der Waals surface area contributed by atoms with Crippen LogP contribution in [0.1, 0.15) is 133 Å². The highest BCUT2D eigenvalue weighted by molar-refractivity contribution is 6.17. The maximum absolute atomic E-state index is 11.5. The largest absolute Gasteiger partial charge is 0.504 e. The van der Waals surface area contributed by atoms with E-state index >= 15 is 0 Å². The van der Waals surface area contributed by atoms with Crippen LogP contribution in [0, 0.1) is 0 Å². The van der Waals surface area contributed by atoms with E-state index in [9.17, 15) is 34.5 Å². The van der Waals surface area contributed by atoms with Crippen LogP contribution in [0.25, 0.3) is 0 Å². The molecule has 4 aromatic carbocycles. The summed E-state index contributed by atoms with van der Waals surface area (Å²) in [5, 5.41) is 46.4. The van der Waals surface area contributed by atoms with Crippen LogP contribution in [0.15, 0.2) is 98.0 Å². The van der Waals surface area contributed by atoms with Gasteiger partial charge in [0.15, 0.2) is 23.0 Å². The van der Waals surface area contributed by atoms with Crippen LogP contribution in [0.5, 0.6) is 23.0 Å². The van der Waals surface area contributed by atoms with Gasteiger partial charge < -0.3 is 30.3 Å². The first-order chi connectivity index (χ1) is 25.8. The predicted molar refractivity (Wildman–Crippen MR) is 234 cm³/mol. The second-order valence-corrected chi connectivity index (χ2v) is 14.2. The smallest absolute Gasteiger partial charge is 0.220 e. The van der Waals surface area contributed by atoms with E-state index in [0.717, 1.165) is 22.3 Å². The molecule has 57 heavy (non-hydrogen) atoms. The van der Waals surface area contributed by atoms with Crippen molar-refractivity contribution in [2.45, 2.75) is 113 Å². The number of alkyl halides is 1. The van der Waals surface area contributed by atoms with Crippen LogP contribution in [0.4, 0.5) is 0 Å². The van der Waals surface area contributed by atoms with E-state index in [0.29, 0.717) is 17.0 Å². The molecule has 0 aliphatic heterocycles. The van der Waals surface area contributed by atoms with Crippen LogP contribution in [0.3, 0.4) is 0 Å². The molecule has 0 amide bonds. The minimum Gasteiger partial charge on any atom is -0.504 e. The van der Waals surface area contributed by atoms with Crippen molar-refractivity contribution in [3.63, 3.8) is 0 Å². The van der Waals surface area contributed by atoms with Gasteiger partial charge in [-0.15, -0.1) is 11.6 Å². The van der Waals surface area contributed by atoms with E-state index in [4.69, 9.17) is 26.6 Å². The molecule has 4 aromatic rings. The number of ether oxygens (including phenoxy) is 1. The van der Waals surface area contributed by atoms with Crippen molar-refractivity contribution in [3.05, 3.63) is 159 Å². The standard InChI is InChI=1S/C12H16O3.C11H13ClO2.C11H14O3.C10H12O2.2CH4/c1-8(2)9-4-5-10(7-15-3)12(14)11(13)6-9;2*1-7(2)8-3-4-9(6-12)11(14)10(13)5-8;1-7(2)8-4-3-5-9(11)10(12)6-8;;/h4-6,8H,7H2,1-3H3,(H,13,14);3-5,7H,6H2,1-2H3,(H,13,14);3-5,7,12H,6H2,1-2H3,(H,13,14);3-7H,1-2H3,(H,11,12);2*1H4. The Kier molecular flexibility index (Phi) is 25.4. The van der Waals surface area contributed by atoms with Crippen molar-refractivity contribution in [1.29, 1.82) is 0 Å². The third-order valence-electron chi connectivity index (χ3n) is 8.31. The van der Waals surface area contributed by atoms with Crippen LogP contribution in [0.2, 0.25) is 0 Å². The van der Waals surface area contributed by atoms with Crippen LogP contribution >= 0.6 is 11.6 Å². The van der Waals surface area contributed by atoms with Crippen LogP contribution in [-0.2, 0) is 23.8 Å². The summed E-state index contributed by atoms with van der Waals surface area (Å²) in [4.78, 5) is 45.4. The molecule has 0 saturated heterocycles. The monoisotopic (exact) mass is 810 g/mol. The van der Waals surface area contributed by atoms with Gasteiger partial charge in [0.25, 0.3) is 0 Å². The van der Waals surface area contributed by atoms with Crippen molar-refractivity contribution in [3.8, 4) is 23.0 Å². The molecule has 0 unspecified atom stereocenters. The van der Waals surface area contributed by atoms with Crippen molar-refractivity contribution in [2.75, 3.05) is 7.11 Å². The van der Waals surface area contributed by atoms with Crippen molar-refractivity contribution >= 4 is 11.6 Å². The van der Waals surface area contributed by atoms with E-state index in [1.165, 1.54) is 37.4 Å². The van der Waals surface area contributed by atoms with E-state index < -0.39 is 5.43 Å². The Bertz CT molecular complexity index is 2020. The molecule has 10 nitrogen and oxygen atoms in total. The molecule has 11 heteroatoms. The zero-order chi connectivity index (χ0) is 42.0. The molecule has 0 atom stereocenters. The van der Waals surface area contributed by atoms with Crippen LogP contribution in [-0.4, -0.2) is 32.6 Å². The molecular formula is C46H63ClO10. The van der Waals surface area contributed by atoms with Gasteiger partial charge in [0.05, 0.1) is 19.1 Å². The van der Waals surface area contributed by atoms with Gasteiger partial charge in [-0.3, -0.25) is 19.2 Å². The minimum atomic E-state index is -0.442. The average molecular weight is 811 g/mol. The topological polar surface area (TPSA) is 179 Å². The summed E-state index contributed by atoms with van der Waals surface area (Å²) >= 11 is 5.60. The molecule has 0 radical (unpaired) electrons. The highest BCUT2D eigenvalue weighted by Gasteiger charge is 2.08. The summed E-state index contributed by atoms with van der Waals surface area (Å²) in [6.07, 6.45) is 0. The Labute approximate surface area is 342 Å². The highest BCUT2D eigenvalue weighted by atomic mass is 35.5. The minimum absolute atomic E-state index is 0. The molecule has 0 saturated carbocycles. The summed E-state index contributed by atoms with van der Waals surface area (Å²) in [7, 11) is 1.53. The first-order valence-corrected chi connectivity index (χ1v) is 18.4. The zero-order valence-corrected chi connectivity index (χ0v) is 33.8. The fraction of sp³-hybridized carbons (Fsp3) is 0.391. The lowest BCUT2D eigenvalue weighted by atomic mass is 10.1. The molecule has 0 aromatic heterocycles. The molecule has 0 aliphatic rings. The fourth-order valence-corrected chi connectivity index (χ4v) is 4.87. The molecule has 4 rings (SSSR count). The van der Waals surface area contributed by atoms with E-state index in [1.807, 2.05) is 73.6 Å². The Morgan fingerprint density at radius 2 is 0.842 bits per heavy atom. The molecular weight excluding hydrogens is 748 g/mol. The van der Waals surface area contributed by atoms with Gasteiger partial charge in [-0.25, -0.2) is 0 Å². The first kappa shape index (κ1) is 54.1. The van der Waals surface area contributed by atoms with Gasteiger partial charge in [-0.1, -0.05) is 119 Å². The highest BCUT2D eigenvalue weighted by Crippen LogP contribution is 2.19. The lowest BCUT2D eigenvalue weighted by Crippen LogP contribution is -1.99. The molecule has 0 fully saturated rings. The van der Waals surface area contributed by atoms with E-state index in [-0.39, 0.29) is 96.5 Å². The van der Waals surface area contributed by atoms with E-state index in [2.05, 4.69) is 0 Å². The van der Waals surface area contributed by atoms with Gasteiger partial charge in [0.2, 0.25) is 21.7 Å². The lowest BCUT2D eigenvalue weighted by Gasteiger charge is -1.99. The number of rotatable bonds is 8. The third kappa shape index (κ3) is 17.8. The average Bonchev–Trinajstić information content (AvgIpc) is 3.53. The fourth-order valence-electron chi connectivity index (χ4n) is 4.66. The van der Waals surface area contributed by atoms with Gasteiger partial charge >= 0.3 is 0 Å². The summed E-state index contributed by atoms with van der Waals surface area (Å²) in [6.45, 7) is 15.8. The van der Waals surface area contributed by atoms with Gasteiger partial charge in [0, 0.05) is 23.8 Å². The van der Waals surface area contributed by atoms with Gasteiger partial charge in [0.1, 0.15) is 0 Å². The van der Waals surface area contributed by atoms with Crippen molar-refractivity contribution in [2.24, 2.45) is 0 Å². The summed E-state index contributed by atoms with van der Waals surface area (Å²) in [5.74, 6) is 0.188. The van der Waals surface area contributed by atoms with E-state index in [1.54, 1.807) is 30.3 Å². The van der Waals surface area contributed by atoms with Crippen LogP contribution < -0.4 is 21.7 Å². The molecule has 314 valence electrons. The maximum Gasteiger partial charge on any atom is 0.220 e. The first-order valence-electron chi connectivity index (χ1n) is 17.9. The predicted octanol–water partition coefficient (Wildman–Crippen LogP) is 9.15. The summed E-state index contributed by atoms with van der Waals surface area (Å²) in [5.41, 5.74) is 3.40. The van der Waals surface area contributed by atoms with Crippen molar-refractivity contribution < 1.29 is 30.3 Å². The number of hydrogen-bond acceptors (Lipinski definition) is 10. The quantitative estimate of drug-likeness (QED) is 0.108. The Morgan fingerprint density at radius 3 is 1.21 bits per heavy atom. The second-order valence-electron chi connectivity index (χ2n) is 13.9. The number of aliphatic hydroxyl groups is 1. The Balaban J connectivity index is 0. The number of halogens is 1. The Hall–Kier alpha value is -5.03. The number of hydrogen-bond donors (Lipinski definition) is 5. The Morgan fingerprint density at radius 1 is 0.509 bits per heavy atom. The van der Waals surface area contributed by atoms with Gasteiger partial charge in [-0.2, -0.15) is 0 Å². The molecule has 0 heterocycles. The number of methoxy groups -OCH3 is 1. The number of aliphatic hydroxyl groups excluding tert-OH is 1. The van der Waals surface area contributed by atoms with Gasteiger partial charge in [-0.05, 0) is 76.3 Å². The lowest BCUT2D eigenvalue weighted by molar-refractivity contribution is 0.182. The SMILES string of the molecule is C.C.CC(C)c1ccc(CCl)c(O)c(=O)c1.CC(C)c1ccc(CO)c(O)c(=O)c1.CC(C)c1cccc(O)c(=O)c1.COCc1ccc(C(C)C)cc(=O)c1O. The normalized spacial score (nSPS) is 10.2. The molecule has 0 aliphatic carbocycles. The zero-order valence-electron chi connectivity index (χ0n) is 33.1. The molecule has 0 spiro atoms. The summed E-state index contributed by atoms with van der Waals surface area (Å²) in [6, 6.07) is 21.2.